The predicted octanol–water partition coefficient (Wildman–Crippen LogP) is 4.15. The lowest BCUT2D eigenvalue weighted by molar-refractivity contribution is 0.410. The minimum atomic E-state index is 0.802. The maximum atomic E-state index is 5.72. The van der Waals surface area contributed by atoms with Gasteiger partial charge in [0, 0.05) is 23.1 Å². The van der Waals surface area contributed by atoms with E-state index in [0.29, 0.717) is 0 Å². The average molecular weight is 293 g/mol. The Bertz CT molecular complexity index is 797. The maximum Gasteiger partial charge on any atom is 0.133 e. The van der Waals surface area contributed by atoms with Crippen LogP contribution in [0.3, 0.4) is 0 Å². The van der Waals surface area contributed by atoms with Gasteiger partial charge in [-0.3, -0.25) is 4.98 Å². The van der Waals surface area contributed by atoms with Crippen molar-refractivity contribution >= 4 is 10.9 Å². The van der Waals surface area contributed by atoms with Crippen LogP contribution in [-0.2, 0) is 6.42 Å². The van der Waals surface area contributed by atoms with Crippen LogP contribution in [0.4, 0.5) is 0 Å². The minimum absolute atomic E-state index is 0.802. The summed E-state index contributed by atoms with van der Waals surface area (Å²) in [6.07, 6.45) is 0.802. The van der Waals surface area contributed by atoms with Gasteiger partial charge in [0.05, 0.1) is 19.7 Å². The van der Waals surface area contributed by atoms with Gasteiger partial charge < -0.3 is 9.47 Å². The van der Waals surface area contributed by atoms with E-state index >= 15 is 0 Å². The zero-order valence-electron chi connectivity index (χ0n) is 13.1. The van der Waals surface area contributed by atoms with Crippen molar-refractivity contribution in [3.63, 3.8) is 0 Å². The molecule has 0 atom stereocenters. The van der Waals surface area contributed by atoms with Gasteiger partial charge in [0.25, 0.3) is 0 Å². The summed E-state index contributed by atoms with van der Waals surface area (Å²) in [6.45, 7) is 2.03. The van der Waals surface area contributed by atoms with Crippen molar-refractivity contribution in [3.05, 3.63) is 65.4 Å². The van der Waals surface area contributed by atoms with Crippen molar-refractivity contribution in [1.29, 1.82) is 0 Å². The summed E-state index contributed by atoms with van der Waals surface area (Å²) < 4.78 is 11.0. The molecule has 0 radical (unpaired) electrons. The SMILES string of the molecule is COc1ccc2nc(C)c(Cc3ccccc3)c(OC)c2c1. The highest BCUT2D eigenvalue weighted by Gasteiger charge is 2.14. The molecule has 0 amide bonds. The molecule has 0 unspecified atom stereocenters. The van der Waals surface area contributed by atoms with Gasteiger partial charge in [-0.1, -0.05) is 30.3 Å². The fraction of sp³-hybridized carbons (Fsp3) is 0.211. The number of hydrogen-bond donors (Lipinski definition) is 0. The van der Waals surface area contributed by atoms with E-state index in [1.807, 2.05) is 31.2 Å². The lowest BCUT2D eigenvalue weighted by Crippen LogP contribution is -2.01. The number of methoxy groups -OCH3 is 2. The van der Waals surface area contributed by atoms with Crippen molar-refractivity contribution < 1.29 is 9.47 Å². The molecule has 1 aromatic heterocycles. The van der Waals surface area contributed by atoms with E-state index in [0.717, 1.165) is 40.1 Å². The first-order chi connectivity index (χ1) is 10.7. The zero-order chi connectivity index (χ0) is 15.5. The van der Waals surface area contributed by atoms with E-state index in [2.05, 4.69) is 24.3 Å². The molecule has 3 aromatic rings. The summed E-state index contributed by atoms with van der Waals surface area (Å²) in [5.74, 6) is 1.69. The summed E-state index contributed by atoms with van der Waals surface area (Å²) in [4.78, 5) is 4.72. The number of benzene rings is 2. The molecular weight excluding hydrogens is 274 g/mol. The number of rotatable bonds is 4. The summed E-state index contributed by atoms with van der Waals surface area (Å²) in [5, 5.41) is 0.985. The Morgan fingerprint density at radius 1 is 0.955 bits per heavy atom. The number of nitrogens with zero attached hydrogens (tertiary/aromatic N) is 1. The smallest absolute Gasteiger partial charge is 0.133 e. The van der Waals surface area contributed by atoms with Gasteiger partial charge in [0.1, 0.15) is 11.5 Å². The van der Waals surface area contributed by atoms with Crippen molar-refractivity contribution in [3.8, 4) is 11.5 Å². The van der Waals surface area contributed by atoms with Crippen LogP contribution in [0.2, 0.25) is 0 Å². The van der Waals surface area contributed by atoms with Gasteiger partial charge in [0.15, 0.2) is 0 Å². The molecule has 0 aliphatic heterocycles. The molecule has 0 aliphatic rings. The van der Waals surface area contributed by atoms with Crippen LogP contribution < -0.4 is 9.47 Å². The number of pyridine rings is 1. The van der Waals surface area contributed by atoms with Crippen LogP contribution in [0.25, 0.3) is 10.9 Å². The first kappa shape index (κ1) is 14.4. The number of aryl methyl sites for hydroxylation is 1. The molecule has 0 spiro atoms. The number of ether oxygens (including phenoxy) is 2. The maximum absolute atomic E-state index is 5.72. The summed E-state index contributed by atoms with van der Waals surface area (Å²) in [6, 6.07) is 16.2. The Kier molecular flexibility index (Phi) is 3.96. The average Bonchev–Trinajstić information content (AvgIpc) is 2.56. The molecule has 22 heavy (non-hydrogen) atoms. The van der Waals surface area contributed by atoms with Crippen molar-refractivity contribution in [2.24, 2.45) is 0 Å². The van der Waals surface area contributed by atoms with Crippen LogP contribution in [0.5, 0.6) is 11.5 Å². The minimum Gasteiger partial charge on any atom is -0.497 e. The highest BCUT2D eigenvalue weighted by atomic mass is 16.5. The second-order valence-electron chi connectivity index (χ2n) is 5.25. The molecule has 0 bridgehead atoms. The second-order valence-corrected chi connectivity index (χ2v) is 5.25. The van der Waals surface area contributed by atoms with Crippen LogP contribution in [0.15, 0.2) is 48.5 Å². The molecule has 3 nitrogen and oxygen atoms in total. The molecule has 0 saturated heterocycles. The first-order valence-corrected chi connectivity index (χ1v) is 7.28. The Labute approximate surface area is 130 Å². The fourth-order valence-electron chi connectivity index (χ4n) is 2.74. The normalized spacial score (nSPS) is 10.7. The van der Waals surface area contributed by atoms with Gasteiger partial charge in [-0.15, -0.1) is 0 Å². The molecule has 0 saturated carbocycles. The largest absolute Gasteiger partial charge is 0.497 e. The molecule has 3 heteroatoms. The van der Waals surface area contributed by atoms with E-state index in [4.69, 9.17) is 14.5 Å². The Balaban J connectivity index is 2.18. The summed E-state index contributed by atoms with van der Waals surface area (Å²) in [7, 11) is 3.38. The molecule has 0 aliphatic carbocycles. The van der Waals surface area contributed by atoms with Gasteiger partial charge in [-0.05, 0) is 30.7 Å². The van der Waals surface area contributed by atoms with Gasteiger partial charge >= 0.3 is 0 Å². The van der Waals surface area contributed by atoms with E-state index < -0.39 is 0 Å². The van der Waals surface area contributed by atoms with Crippen LogP contribution in [-0.4, -0.2) is 19.2 Å². The molecule has 0 N–H and O–H groups in total. The van der Waals surface area contributed by atoms with Crippen LogP contribution in [0, 0.1) is 6.92 Å². The van der Waals surface area contributed by atoms with Crippen LogP contribution in [0.1, 0.15) is 16.8 Å². The number of fused-ring (bicyclic) bond motifs is 1. The first-order valence-electron chi connectivity index (χ1n) is 7.28. The predicted molar refractivity (Wildman–Crippen MR) is 88.8 cm³/mol. The van der Waals surface area contributed by atoms with E-state index in [-0.39, 0.29) is 0 Å². The summed E-state index contributed by atoms with van der Waals surface area (Å²) >= 11 is 0. The monoisotopic (exact) mass is 293 g/mol. The van der Waals surface area contributed by atoms with Crippen molar-refractivity contribution in [2.75, 3.05) is 14.2 Å². The third-order valence-corrected chi connectivity index (χ3v) is 3.88. The topological polar surface area (TPSA) is 31.4 Å². The standard InChI is InChI=1S/C19H19NO2/c1-13-16(11-14-7-5-4-6-8-14)19(22-3)17-12-15(21-2)9-10-18(17)20-13/h4-10,12H,11H2,1-3H3. The van der Waals surface area contributed by atoms with Gasteiger partial charge in [0.2, 0.25) is 0 Å². The summed E-state index contributed by atoms with van der Waals surface area (Å²) in [5.41, 5.74) is 4.28. The number of hydrogen-bond acceptors (Lipinski definition) is 3. The fourth-order valence-corrected chi connectivity index (χ4v) is 2.74. The quantitative estimate of drug-likeness (QED) is 0.724. The third-order valence-electron chi connectivity index (χ3n) is 3.88. The molecule has 1 heterocycles. The lowest BCUT2D eigenvalue weighted by atomic mass is 10.00. The number of aromatic nitrogens is 1. The Morgan fingerprint density at radius 2 is 1.73 bits per heavy atom. The van der Waals surface area contributed by atoms with E-state index in [1.54, 1.807) is 14.2 Å². The highest BCUT2D eigenvalue weighted by molar-refractivity contribution is 5.88. The van der Waals surface area contributed by atoms with E-state index in [9.17, 15) is 0 Å². The zero-order valence-corrected chi connectivity index (χ0v) is 13.1. The van der Waals surface area contributed by atoms with Gasteiger partial charge in [-0.25, -0.2) is 0 Å². The van der Waals surface area contributed by atoms with E-state index in [1.165, 1.54) is 5.56 Å². The van der Waals surface area contributed by atoms with Crippen molar-refractivity contribution in [1.82, 2.24) is 4.98 Å². The van der Waals surface area contributed by atoms with Crippen molar-refractivity contribution in [2.45, 2.75) is 13.3 Å². The molecule has 112 valence electrons. The third kappa shape index (κ3) is 2.62. The lowest BCUT2D eigenvalue weighted by Gasteiger charge is -2.15. The van der Waals surface area contributed by atoms with Crippen LogP contribution >= 0.6 is 0 Å². The second kappa shape index (κ2) is 6.06. The Hall–Kier alpha value is -2.55. The van der Waals surface area contributed by atoms with Gasteiger partial charge in [-0.2, -0.15) is 0 Å². The molecule has 3 rings (SSSR count). The molecular formula is C19H19NO2. The molecule has 0 fully saturated rings. The Morgan fingerprint density at radius 3 is 2.41 bits per heavy atom. The molecule has 2 aromatic carbocycles. The highest BCUT2D eigenvalue weighted by Crippen LogP contribution is 2.34.